The number of hydrogen-bond donors (Lipinski definition) is 0. The van der Waals surface area contributed by atoms with Crippen LogP contribution in [0, 0.1) is 0 Å². The fourth-order valence-corrected chi connectivity index (χ4v) is 3.23. The van der Waals surface area contributed by atoms with Gasteiger partial charge in [-0.15, -0.1) is 0 Å². The van der Waals surface area contributed by atoms with Gasteiger partial charge in [-0.3, -0.25) is 0 Å². The maximum atomic E-state index is 6.20. The van der Waals surface area contributed by atoms with Crippen molar-refractivity contribution >= 4 is 6.08 Å². The highest BCUT2D eigenvalue weighted by Gasteiger charge is 2.13. The van der Waals surface area contributed by atoms with Crippen molar-refractivity contribution in [2.24, 2.45) is 0 Å². The van der Waals surface area contributed by atoms with Crippen LogP contribution in [0.5, 0.6) is 17.2 Å². The lowest BCUT2D eigenvalue weighted by atomic mass is 9.94. The van der Waals surface area contributed by atoms with Crippen LogP contribution in [0.3, 0.4) is 0 Å². The Balaban J connectivity index is 2.09. The minimum Gasteiger partial charge on any atom is -0.497 e. The van der Waals surface area contributed by atoms with Gasteiger partial charge < -0.3 is 14.2 Å². The van der Waals surface area contributed by atoms with Crippen molar-refractivity contribution in [2.45, 2.75) is 19.8 Å². The summed E-state index contributed by atoms with van der Waals surface area (Å²) in [6, 6.07) is 20.4. The number of rotatable bonds is 9. The molecule has 0 saturated heterocycles. The Labute approximate surface area is 173 Å². The predicted octanol–water partition coefficient (Wildman–Crippen LogP) is 6.86. The van der Waals surface area contributed by atoms with Gasteiger partial charge in [-0.25, -0.2) is 0 Å². The summed E-state index contributed by atoms with van der Waals surface area (Å²) in [5, 5.41) is 0. The first-order valence-electron chi connectivity index (χ1n) is 9.92. The molecule has 0 bridgehead atoms. The fraction of sp³-hybridized carbons (Fsp3) is 0.231. The molecule has 3 rings (SSSR count). The van der Waals surface area contributed by atoms with Crippen molar-refractivity contribution in [3.8, 4) is 39.5 Å². The summed E-state index contributed by atoms with van der Waals surface area (Å²) in [4.78, 5) is 0. The molecule has 150 valence electrons. The van der Waals surface area contributed by atoms with Crippen molar-refractivity contribution in [2.75, 3.05) is 20.8 Å². The quantitative estimate of drug-likeness (QED) is 0.375. The monoisotopic (exact) mass is 388 g/mol. The smallest absolute Gasteiger partial charge is 0.127 e. The molecule has 3 aromatic rings. The Morgan fingerprint density at radius 1 is 0.793 bits per heavy atom. The molecule has 0 radical (unpaired) electrons. The van der Waals surface area contributed by atoms with Crippen LogP contribution in [0.4, 0.5) is 0 Å². The third kappa shape index (κ3) is 4.80. The SMILES string of the molecule is C=Cc1cc(-c2ccc(OC)cc2)c(OCCCC)cc1-c1ccc(OC)cc1. The highest BCUT2D eigenvalue weighted by Crippen LogP contribution is 2.38. The minimum atomic E-state index is 0.690. The molecular weight excluding hydrogens is 360 g/mol. The van der Waals surface area contributed by atoms with Crippen LogP contribution >= 0.6 is 0 Å². The lowest BCUT2D eigenvalue weighted by Gasteiger charge is -2.17. The number of benzene rings is 3. The summed E-state index contributed by atoms with van der Waals surface area (Å²) in [6.07, 6.45) is 4.00. The standard InChI is InChI=1S/C26H28O3/c1-5-7-16-29-26-18-24(20-8-12-22(27-3)13-9-20)19(6-2)17-25(26)21-10-14-23(28-4)15-11-21/h6,8-15,17-18H,2,5,7,16H2,1,3-4H3. The first-order chi connectivity index (χ1) is 14.2. The predicted molar refractivity (Wildman–Crippen MR) is 121 cm³/mol. The maximum Gasteiger partial charge on any atom is 0.127 e. The number of methoxy groups -OCH3 is 2. The van der Waals surface area contributed by atoms with Gasteiger partial charge in [0.15, 0.2) is 0 Å². The van der Waals surface area contributed by atoms with E-state index >= 15 is 0 Å². The molecule has 0 spiro atoms. The topological polar surface area (TPSA) is 27.7 Å². The van der Waals surface area contributed by atoms with Gasteiger partial charge in [-0.05, 0) is 65.1 Å². The van der Waals surface area contributed by atoms with Gasteiger partial charge in [0.05, 0.1) is 20.8 Å². The molecule has 0 fully saturated rings. The van der Waals surface area contributed by atoms with E-state index in [4.69, 9.17) is 14.2 Å². The zero-order chi connectivity index (χ0) is 20.6. The molecule has 0 aliphatic rings. The van der Waals surface area contributed by atoms with E-state index in [1.807, 2.05) is 30.3 Å². The summed E-state index contributed by atoms with van der Waals surface area (Å²) < 4.78 is 16.8. The van der Waals surface area contributed by atoms with Gasteiger partial charge in [0, 0.05) is 5.56 Å². The van der Waals surface area contributed by atoms with Crippen LogP contribution in [0.2, 0.25) is 0 Å². The highest BCUT2D eigenvalue weighted by molar-refractivity contribution is 5.83. The molecule has 0 unspecified atom stereocenters. The van der Waals surface area contributed by atoms with E-state index in [9.17, 15) is 0 Å². The van der Waals surface area contributed by atoms with Crippen LogP contribution in [-0.4, -0.2) is 20.8 Å². The maximum absolute atomic E-state index is 6.20. The van der Waals surface area contributed by atoms with Gasteiger partial charge >= 0.3 is 0 Å². The minimum absolute atomic E-state index is 0.690. The Bertz CT molecular complexity index is 941. The van der Waals surface area contributed by atoms with Crippen molar-refractivity contribution in [1.82, 2.24) is 0 Å². The summed E-state index contributed by atoms with van der Waals surface area (Å²) >= 11 is 0. The van der Waals surface area contributed by atoms with Crippen LogP contribution < -0.4 is 14.2 Å². The van der Waals surface area contributed by atoms with Crippen LogP contribution in [0.15, 0.2) is 67.2 Å². The van der Waals surface area contributed by atoms with Gasteiger partial charge in [-0.2, -0.15) is 0 Å². The molecular formula is C26H28O3. The van der Waals surface area contributed by atoms with E-state index in [1.54, 1.807) is 14.2 Å². The molecule has 0 heterocycles. The molecule has 0 aliphatic heterocycles. The van der Waals surface area contributed by atoms with Crippen molar-refractivity contribution in [3.05, 3.63) is 72.8 Å². The van der Waals surface area contributed by atoms with Gasteiger partial charge in [0.25, 0.3) is 0 Å². The molecule has 0 atom stereocenters. The zero-order valence-corrected chi connectivity index (χ0v) is 17.4. The first-order valence-corrected chi connectivity index (χ1v) is 9.92. The second-order valence-corrected chi connectivity index (χ2v) is 6.80. The summed E-state index contributed by atoms with van der Waals surface area (Å²) in [5.41, 5.74) is 5.38. The second-order valence-electron chi connectivity index (χ2n) is 6.80. The molecule has 3 heteroatoms. The van der Waals surface area contributed by atoms with E-state index in [2.05, 4.69) is 49.9 Å². The summed E-state index contributed by atoms with van der Waals surface area (Å²) in [6.45, 7) is 6.89. The molecule has 3 nitrogen and oxygen atoms in total. The van der Waals surface area contributed by atoms with E-state index < -0.39 is 0 Å². The zero-order valence-electron chi connectivity index (χ0n) is 17.4. The highest BCUT2D eigenvalue weighted by atomic mass is 16.5. The molecule has 3 aromatic carbocycles. The van der Waals surface area contributed by atoms with Crippen molar-refractivity contribution in [1.29, 1.82) is 0 Å². The molecule has 29 heavy (non-hydrogen) atoms. The normalized spacial score (nSPS) is 10.4. The van der Waals surface area contributed by atoms with Gasteiger partial charge in [-0.1, -0.05) is 50.3 Å². The summed E-state index contributed by atoms with van der Waals surface area (Å²) in [5.74, 6) is 2.55. The third-order valence-electron chi connectivity index (χ3n) is 4.93. The van der Waals surface area contributed by atoms with Crippen molar-refractivity contribution < 1.29 is 14.2 Å². The summed E-state index contributed by atoms with van der Waals surface area (Å²) in [7, 11) is 3.35. The fourth-order valence-electron chi connectivity index (χ4n) is 3.23. The lowest BCUT2D eigenvalue weighted by Crippen LogP contribution is -2.00. The molecule has 0 aliphatic carbocycles. The van der Waals surface area contributed by atoms with Crippen molar-refractivity contribution in [3.63, 3.8) is 0 Å². The number of unbranched alkanes of at least 4 members (excludes halogenated alkanes) is 1. The van der Waals surface area contributed by atoms with E-state index in [0.29, 0.717) is 6.61 Å². The van der Waals surface area contributed by atoms with Crippen LogP contribution in [-0.2, 0) is 0 Å². The van der Waals surface area contributed by atoms with E-state index in [0.717, 1.165) is 57.9 Å². The lowest BCUT2D eigenvalue weighted by molar-refractivity contribution is 0.310. The Morgan fingerprint density at radius 2 is 1.34 bits per heavy atom. The molecule has 0 saturated carbocycles. The number of hydrogen-bond acceptors (Lipinski definition) is 3. The Morgan fingerprint density at radius 3 is 1.83 bits per heavy atom. The first kappa shape index (κ1) is 20.5. The Hall–Kier alpha value is -3.20. The Kier molecular flexibility index (Phi) is 6.96. The van der Waals surface area contributed by atoms with Crippen LogP contribution in [0.1, 0.15) is 25.3 Å². The number of ether oxygens (including phenoxy) is 3. The molecule has 0 amide bonds. The van der Waals surface area contributed by atoms with Crippen LogP contribution in [0.25, 0.3) is 28.3 Å². The second kappa shape index (κ2) is 9.83. The average Bonchev–Trinajstić information content (AvgIpc) is 2.79. The van der Waals surface area contributed by atoms with E-state index in [-0.39, 0.29) is 0 Å². The van der Waals surface area contributed by atoms with Gasteiger partial charge in [0.2, 0.25) is 0 Å². The molecule has 0 N–H and O–H groups in total. The van der Waals surface area contributed by atoms with E-state index in [1.165, 1.54) is 0 Å². The third-order valence-corrected chi connectivity index (χ3v) is 4.93. The average molecular weight is 389 g/mol. The van der Waals surface area contributed by atoms with Gasteiger partial charge in [0.1, 0.15) is 17.2 Å². The largest absolute Gasteiger partial charge is 0.497 e. The molecule has 0 aromatic heterocycles.